The largest absolute Gasteiger partial charge is 0.478 e. The molecule has 0 unspecified atom stereocenters. The van der Waals surface area contributed by atoms with E-state index < -0.39 is 17.6 Å². The van der Waals surface area contributed by atoms with Crippen LogP contribution in [-0.4, -0.2) is 11.1 Å². The van der Waals surface area contributed by atoms with Crippen molar-refractivity contribution in [3.05, 3.63) is 70.3 Å². The topological polar surface area (TPSA) is 49.3 Å². The molecule has 0 heterocycles. The van der Waals surface area contributed by atoms with Gasteiger partial charge in [0.2, 0.25) is 0 Å². The summed E-state index contributed by atoms with van der Waals surface area (Å²) < 4.78 is 27.4. The van der Waals surface area contributed by atoms with Gasteiger partial charge in [-0.15, -0.1) is 0 Å². The summed E-state index contributed by atoms with van der Waals surface area (Å²) in [6.07, 6.45) is 2.31. The molecule has 23 heavy (non-hydrogen) atoms. The van der Waals surface area contributed by atoms with Gasteiger partial charge in [0.05, 0.1) is 5.56 Å². The summed E-state index contributed by atoms with van der Waals surface area (Å²) in [5, 5.41) is 12.2. The number of fused-ring (bicyclic) bond motifs is 1. The maximum Gasteiger partial charge on any atom is 0.335 e. The molecule has 5 heteroatoms. The van der Waals surface area contributed by atoms with Crippen molar-refractivity contribution >= 4 is 5.97 Å². The summed E-state index contributed by atoms with van der Waals surface area (Å²) in [5.41, 5.74) is 2.45. The molecular formula is C18H17F2NO2. The standard InChI is InChI=1S/C18H17F2NO2/c19-13-8-15-14(16(20)9-13)2-1-3-17(15)21-10-11-4-6-12(7-5-11)18(22)23/h4-9,17,21H,1-3,10H2,(H,22,23)/t17-/m1/s1. The van der Waals surface area contributed by atoms with Gasteiger partial charge in [-0.25, -0.2) is 13.6 Å². The van der Waals surface area contributed by atoms with Gasteiger partial charge < -0.3 is 10.4 Å². The highest BCUT2D eigenvalue weighted by atomic mass is 19.1. The van der Waals surface area contributed by atoms with Crippen molar-refractivity contribution < 1.29 is 18.7 Å². The van der Waals surface area contributed by atoms with Gasteiger partial charge in [-0.2, -0.15) is 0 Å². The Balaban J connectivity index is 1.74. The van der Waals surface area contributed by atoms with Crippen LogP contribution in [0, 0.1) is 11.6 Å². The highest BCUT2D eigenvalue weighted by Crippen LogP contribution is 2.32. The van der Waals surface area contributed by atoms with E-state index in [1.165, 1.54) is 6.07 Å². The molecule has 1 aliphatic carbocycles. The number of halogens is 2. The SMILES string of the molecule is O=C(O)c1ccc(CN[C@@H]2CCCc3c(F)cc(F)cc32)cc1. The summed E-state index contributed by atoms with van der Waals surface area (Å²) in [6, 6.07) is 8.83. The molecule has 0 saturated heterocycles. The lowest BCUT2D eigenvalue weighted by Gasteiger charge is -2.27. The maximum atomic E-state index is 13.9. The minimum Gasteiger partial charge on any atom is -0.478 e. The molecular weight excluding hydrogens is 300 g/mol. The van der Waals surface area contributed by atoms with Crippen LogP contribution in [0.5, 0.6) is 0 Å². The second-order valence-corrected chi connectivity index (χ2v) is 5.78. The van der Waals surface area contributed by atoms with Crippen molar-refractivity contribution in [1.29, 1.82) is 0 Å². The van der Waals surface area contributed by atoms with E-state index in [4.69, 9.17) is 5.11 Å². The zero-order valence-electron chi connectivity index (χ0n) is 12.5. The van der Waals surface area contributed by atoms with Crippen molar-refractivity contribution in [2.45, 2.75) is 31.8 Å². The Labute approximate surface area is 133 Å². The lowest BCUT2D eigenvalue weighted by molar-refractivity contribution is 0.0697. The first-order valence-corrected chi connectivity index (χ1v) is 7.58. The molecule has 1 atom stereocenters. The van der Waals surface area contributed by atoms with Crippen LogP contribution in [0.1, 0.15) is 45.9 Å². The quantitative estimate of drug-likeness (QED) is 0.901. The molecule has 0 amide bonds. The van der Waals surface area contributed by atoms with Crippen LogP contribution in [-0.2, 0) is 13.0 Å². The first kappa shape index (κ1) is 15.6. The molecule has 3 nitrogen and oxygen atoms in total. The average Bonchev–Trinajstić information content (AvgIpc) is 2.53. The summed E-state index contributed by atoms with van der Waals surface area (Å²) in [5.74, 6) is -1.99. The van der Waals surface area contributed by atoms with Gasteiger partial charge >= 0.3 is 5.97 Å². The van der Waals surface area contributed by atoms with E-state index in [0.717, 1.165) is 24.5 Å². The van der Waals surface area contributed by atoms with Gasteiger partial charge in [-0.05, 0) is 54.2 Å². The van der Waals surface area contributed by atoms with E-state index in [0.29, 0.717) is 24.1 Å². The average molecular weight is 317 g/mol. The smallest absolute Gasteiger partial charge is 0.335 e. The van der Waals surface area contributed by atoms with Crippen LogP contribution in [0.25, 0.3) is 0 Å². The van der Waals surface area contributed by atoms with Crippen molar-refractivity contribution in [2.75, 3.05) is 0 Å². The van der Waals surface area contributed by atoms with Gasteiger partial charge in [0.15, 0.2) is 0 Å². The van der Waals surface area contributed by atoms with Crippen LogP contribution in [0.4, 0.5) is 8.78 Å². The maximum absolute atomic E-state index is 13.9. The Hall–Kier alpha value is -2.27. The van der Waals surface area contributed by atoms with Gasteiger partial charge in [-0.3, -0.25) is 0 Å². The fourth-order valence-corrected chi connectivity index (χ4v) is 3.05. The lowest BCUT2D eigenvalue weighted by atomic mass is 9.87. The van der Waals surface area contributed by atoms with E-state index in [1.807, 2.05) is 0 Å². The Morgan fingerprint density at radius 3 is 2.65 bits per heavy atom. The highest BCUT2D eigenvalue weighted by molar-refractivity contribution is 5.87. The molecule has 0 spiro atoms. The second-order valence-electron chi connectivity index (χ2n) is 5.78. The minimum atomic E-state index is -0.961. The molecule has 0 radical (unpaired) electrons. The van der Waals surface area contributed by atoms with Crippen molar-refractivity contribution in [3.63, 3.8) is 0 Å². The van der Waals surface area contributed by atoms with Crippen molar-refractivity contribution in [3.8, 4) is 0 Å². The van der Waals surface area contributed by atoms with Crippen LogP contribution in [0.3, 0.4) is 0 Å². The summed E-state index contributed by atoms with van der Waals surface area (Å²) in [6.45, 7) is 0.516. The van der Waals surface area contributed by atoms with E-state index in [2.05, 4.69) is 5.32 Å². The van der Waals surface area contributed by atoms with Crippen molar-refractivity contribution in [2.24, 2.45) is 0 Å². The Kier molecular flexibility index (Phi) is 4.39. The molecule has 2 N–H and O–H groups in total. The zero-order valence-corrected chi connectivity index (χ0v) is 12.5. The van der Waals surface area contributed by atoms with E-state index >= 15 is 0 Å². The Bertz CT molecular complexity index is 729. The minimum absolute atomic E-state index is 0.0944. The van der Waals surface area contributed by atoms with Crippen LogP contribution in [0.2, 0.25) is 0 Å². The van der Waals surface area contributed by atoms with Crippen LogP contribution < -0.4 is 5.32 Å². The number of hydrogen-bond donors (Lipinski definition) is 2. The molecule has 0 saturated carbocycles. The number of benzene rings is 2. The number of carboxylic acid groups (broad SMARTS) is 1. The lowest BCUT2D eigenvalue weighted by Crippen LogP contribution is -2.25. The fraction of sp³-hybridized carbons (Fsp3) is 0.278. The van der Waals surface area contributed by atoms with Gasteiger partial charge in [-0.1, -0.05) is 12.1 Å². The van der Waals surface area contributed by atoms with E-state index in [1.54, 1.807) is 24.3 Å². The van der Waals surface area contributed by atoms with Crippen LogP contribution >= 0.6 is 0 Å². The first-order chi connectivity index (χ1) is 11.0. The van der Waals surface area contributed by atoms with Crippen LogP contribution in [0.15, 0.2) is 36.4 Å². The van der Waals surface area contributed by atoms with E-state index in [-0.39, 0.29) is 11.6 Å². The fourth-order valence-electron chi connectivity index (χ4n) is 3.05. The second kappa shape index (κ2) is 6.46. The molecule has 0 aromatic heterocycles. The third-order valence-electron chi connectivity index (χ3n) is 4.24. The monoisotopic (exact) mass is 317 g/mol. The Morgan fingerprint density at radius 1 is 1.22 bits per heavy atom. The number of carbonyl (C=O) groups is 1. The molecule has 2 aromatic rings. The van der Waals surface area contributed by atoms with Gasteiger partial charge in [0.1, 0.15) is 11.6 Å². The third-order valence-corrected chi connectivity index (χ3v) is 4.24. The van der Waals surface area contributed by atoms with Gasteiger partial charge in [0.25, 0.3) is 0 Å². The number of rotatable bonds is 4. The molecule has 1 aliphatic rings. The normalized spacial score (nSPS) is 16.9. The number of carboxylic acids is 1. The number of hydrogen-bond acceptors (Lipinski definition) is 2. The molecule has 2 aromatic carbocycles. The predicted octanol–water partition coefficient (Wildman–Crippen LogP) is 3.83. The predicted molar refractivity (Wildman–Crippen MR) is 82.3 cm³/mol. The molecule has 3 rings (SSSR count). The molecule has 0 aliphatic heterocycles. The summed E-state index contributed by atoms with van der Waals surface area (Å²) in [4.78, 5) is 10.8. The summed E-state index contributed by atoms with van der Waals surface area (Å²) >= 11 is 0. The number of aromatic carboxylic acids is 1. The first-order valence-electron chi connectivity index (χ1n) is 7.58. The molecule has 0 bridgehead atoms. The highest BCUT2D eigenvalue weighted by Gasteiger charge is 2.23. The number of nitrogens with one attached hydrogen (secondary N) is 1. The zero-order chi connectivity index (χ0) is 16.4. The third kappa shape index (κ3) is 3.40. The van der Waals surface area contributed by atoms with Gasteiger partial charge in [0, 0.05) is 18.7 Å². The summed E-state index contributed by atoms with van der Waals surface area (Å²) in [7, 11) is 0. The van der Waals surface area contributed by atoms with Crippen molar-refractivity contribution in [1.82, 2.24) is 5.32 Å². The Morgan fingerprint density at radius 2 is 1.96 bits per heavy atom. The molecule has 120 valence electrons. The van der Waals surface area contributed by atoms with E-state index in [9.17, 15) is 13.6 Å². The molecule has 0 fully saturated rings.